The van der Waals surface area contributed by atoms with Crippen molar-refractivity contribution in [1.82, 2.24) is 0 Å². The average Bonchev–Trinajstić information content (AvgIpc) is 2.94. The molecule has 0 bridgehead atoms. The van der Waals surface area contributed by atoms with Gasteiger partial charge in [0, 0.05) is 30.6 Å². The fourth-order valence-electron chi connectivity index (χ4n) is 4.63. The van der Waals surface area contributed by atoms with Gasteiger partial charge in [-0.3, -0.25) is 4.79 Å². The van der Waals surface area contributed by atoms with Gasteiger partial charge in [0.05, 0.1) is 16.9 Å². The third-order valence-electron chi connectivity index (χ3n) is 6.64. The fraction of sp³-hybridized carbons (Fsp3) is 0.387. The van der Waals surface area contributed by atoms with Crippen LogP contribution in [0.3, 0.4) is 0 Å². The highest BCUT2D eigenvalue weighted by Crippen LogP contribution is 2.50. The molecule has 2 aromatic carbocycles. The van der Waals surface area contributed by atoms with Gasteiger partial charge in [0.15, 0.2) is 0 Å². The van der Waals surface area contributed by atoms with Crippen LogP contribution in [0.5, 0.6) is 17.2 Å². The van der Waals surface area contributed by atoms with Crippen LogP contribution in [-0.4, -0.2) is 39.6 Å². The zero-order chi connectivity index (χ0) is 27.8. The van der Waals surface area contributed by atoms with Crippen LogP contribution in [-0.2, 0) is 0 Å². The molecule has 0 aliphatic carbocycles. The Balaban J connectivity index is 1.91. The number of phenols is 3. The molecule has 6 nitrogen and oxygen atoms in total. The first kappa shape index (κ1) is 29.4. The third kappa shape index (κ3) is 7.22. The van der Waals surface area contributed by atoms with E-state index in [2.05, 4.69) is 55.8 Å². The monoisotopic (exact) mass is 582 g/mol. The van der Waals surface area contributed by atoms with E-state index in [0.717, 1.165) is 31.3 Å². The molecule has 3 rings (SSSR count). The fourth-order valence-corrected chi connectivity index (χ4v) is 4.89. The largest absolute Gasteiger partial charge is 0.508 e. The Kier molecular flexibility index (Phi) is 10.5. The minimum Gasteiger partial charge on any atom is -0.508 e. The van der Waals surface area contributed by atoms with Crippen molar-refractivity contribution in [2.45, 2.75) is 59.8 Å². The molecule has 0 saturated heterocycles. The summed E-state index contributed by atoms with van der Waals surface area (Å²) in [7, 11) is 0. The lowest BCUT2D eigenvalue weighted by molar-refractivity contribution is 0.0990. The van der Waals surface area contributed by atoms with Crippen LogP contribution >= 0.6 is 15.9 Å². The summed E-state index contributed by atoms with van der Waals surface area (Å²) >= 11 is 3.45. The maximum atomic E-state index is 13.8. The molecule has 204 valence electrons. The number of phenolic OH excluding ortho intramolecular Hbond substituents is 3. The molecule has 1 aliphatic heterocycles. The molecule has 0 saturated carbocycles. The van der Waals surface area contributed by atoms with E-state index >= 15 is 0 Å². The Morgan fingerprint density at radius 3 is 2.24 bits per heavy atom. The number of carbonyl (C=O) groups excluding carboxylic acids is 1. The Morgan fingerprint density at radius 2 is 1.55 bits per heavy atom. The highest BCUT2D eigenvalue weighted by Gasteiger charge is 2.34. The maximum Gasteiger partial charge on any atom is 0.260 e. The van der Waals surface area contributed by atoms with Crippen LogP contribution in [0.1, 0.15) is 70.2 Å². The molecule has 0 fully saturated rings. The number of carbonyl (C=O) groups is 1. The molecule has 0 aromatic heterocycles. The summed E-state index contributed by atoms with van der Waals surface area (Å²) in [5.41, 5.74) is 5.35. The molecule has 7 heteroatoms. The van der Waals surface area contributed by atoms with Crippen molar-refractivity contribution in [1.29, 1.82) is 0 Å². The van der Waals surface area contributed by atoms with Crippen molar-refractivity contribution in [3.05, 3.63) is 70.8 Å². The predicted octanol–water partition coefficient (Wildman–Crippen LogP) is 8.11. The standard InChI is InChI=1S/C31H39BrN2O4/c1-21(2)9-5-10-22(3)11-6-12-23(4)15-18-33-26-19-24(35)20-28(37)30(26)34(17-8-16-32)29-25(31(33)38)13-7-14-27(29)36/h7,9,11,13-15,19-20,35-37H,5-6,8,10,12,16-18H2,1-4H3. The van der Waals surface area contributed by atoms with E-state index in [1.54, 1.807) is 28.0 Å². The Labute approximate surface area is 234 Å². The quantitative estimate of drug-likeness (QED) is 0.184. The van der Waals surface area contributed by atoms with Gasteiger partial charge in [0.1, 0.15) is 22.9 Å². The van der Waals surface area contributed by atoms with Crippen molar-refractivity contribution in [3.8, 4) is 17.2 Å². The Morgan fingerprint density at radius 1 is 0.868 bits per heavy atom. The summed E-state index contributed by atoms with van der Waals surface area (Å²) in [6.45, 7) is 9.17. The molecule has 1 amide bonds. The normalized spacial score (nSPS) is 13.8. The van der Waals surface area contributed by atoms with Crippen molar-refractivity contribution >= 4 is 38.9 Å². The topological polar surface area (TPSA) is 84.2 Å². The van der Waals surface area contributed by atoms with E-state index in [0.29, 0.717) is 40.9 Å². The number of hydrogen-bond donors (Lipinski definition) is 3. The van der Waals surface area contributed by atoms with Crippen LogP contribution in [0.15, 0.2) is 65.3 Å². The first-order valence-electron chi connectivity index (χ1n) is 13.1. The number of rotatable bonds is 11. The van der Waals surface area contributed by atoms with Crippen molar-refractivity contribution in [2.75, 3.05) is 28.2 Å². The van der Waals surface area contributed by atoms with Gasteiger partial charge in [-0.2, -0.15) is 0 Å². The number of alkyl halides is 1. The second-order valence-electron chi connectivity index (χ2n) is 10.1. The number of hydrogen-bond acceptors (Lipinski definition) is 5. The van der Waals surface area contributed by atoms with Crippen molar-refractivity contribution in [3.63, 3.8) is 0 Å². The van der Waals surface area contributed by atoms with Gasteiger partial charge >= 0.3 is 0 Å². The summed E-state index contributed by atoms with van der Waals surface area (Å²) in [4.78, 5) is 17.2. The number of aromatic hydroxyl groups is 3. The predicted molar refractivity (Wildman–Crippen MR) is 160 cm³/mol. The number of para-hydroxylation sites is 1. The van der Waals surface area contributed by atoms with Gasteiger partial charge < -0.3 is 25.1 Å². The number of amides is 1. The smallest absolute Gasteiger partial charge is 0.260 e. The number of halogens is 1. The highest BCUT2D eigenvalue weighted by molar-refractivity contribution is 9.09. The van der Waals surface area contributed by atoms with E-state index in [-0.39, 0.29) is 29.7 Å². The minimum atomic E-state index is -0.303. The molecule has 38 heavy (non-hydrogen) atoms. The van der Waals surface area contributed by atoms with E-state index in [9.17, 15) is 20.1 Å². The molecule has 2 aromatic rings. The number of fused-ring (bicyclic) bond motifs is 2. The molecular weight excluding hydrogens is 544 g/mol. The van der Waals surface area contributed by atoms with E-state index in [1.807, 2.05) is 6.08 Å². The van der Waals surface area contributed by atoms with E-state index in [4.69, 9.17) is 0 Å². The lowest BCUT2D eigenvalue weighted by atomic mass is 10.1. The van der Waals surface area contributed by atoms with Gasteiger partial charge in [0.2, 0.25) is 0 Å². The molecular formula is C31H39BrN2O4. The van der Waals surface area contributed by atoms with Crippen LogP contribution in [0.25, 0.3) is 0 Å². The molecule has 0 spiro atoms. The molecule has 1 heterocycles. The van der Waals surface area contributed by atoms with Gasteiger partial charge in [-0.1, -0.05) is 56.9 Å². The molecule has 3 N–H and O–H groups in total. The lowest BCUT2D eigenvalue weighted by Gasteiger charge is -2.28. The molecule has 1 aliphatic rings. The summed E-state index contributed by atoms with van der Waals surface area (Å²) in [5, 5.41) is 32.8. The van der Waals surface area contributed by atoms with Gasteiger partial charge in [-0.25, -0.2) is 0 Å². The van der Waals surface area contributed by atoms with Crippen LogP contribution in [0, 0.1) is 0 Å². The Bertz CT molecular complexity index is 1240. The van der Waals surface area contributed by atoms with Crippen molar-refractivity contribution < 1.29 is 20.1 Å². The minimum absolute atomic E-state index is 0.0378. The summed E-state index contributed by atoms with van der Waals surface area (Å²) in [5.74, 6) is -0.631. The lowest BCUT2D eigenvalue weighted by Crippen LogP contribution is -2.30. The second kappa shape index (κ2) is 13.6. The summed E-state index contributed by atoms with van der Waals surface area (Å²) in [6.07, 6.45) is 11.2. The summed E-state index contributed by atoms with van der Waals surface area (Å²) in [6, 6.07) is 7.64. The summed E-state index contributed by atoms with van der Waals surface area (Å²) < 4.78 is 0. The first-order chi connectivity index (χ1) is 18.1. The van der Waals surface area contributed by atoms with Crippen LogP contribution in [0.2, 0.25) is 0 Å². The zero-order valence-electron chi connectivity index (χ0n) is 22.8. The third-order valence-corrected chi connectivity index (χ3v) is 7.20. The average molecular weight is 584 g/mol. The van der Waals surface area contributed by atoms with E-state index in [1.165, 1.54) is 23.3 Å². The van der Waals surface area contributed by atoms with E-state index < -0.39 is 0 Å². The number of benzene rings is 2. The SMILES string of the molecule is CC(C)=CCCC(C)=CCCC(C)=CCN1C(=O)c2cccc(O)c2N(CCCBr)c2c(O)cc(O)cc21. The number of nitrogens with zero attached hydrogens (tertiary/aromatic N) is 2. The highest BCUT2D eigenvalue weighted by atomic mass is 79.9. The van der Waals surface area contributed by atoms with Crippen molar-refractivity contribution in [2.24, 2.45) is 0 Å². The van der Waals surface area contributed by atoms with Gasteiger partial charge in [-0.15, -0.1) is 0 Å². The maximum absolute atomic E-state index is 13.8. The van der Waals surface area contributed by atoms with Gasteiger partial charge in [-0.05, 0) is 71.9 Å². The van der Waals surface area contributed by atoms with Gasteiger partial charge in [0.25, 0.3) is 5.91 Å². The number of anilines is 3. The van der Waals surface area contributed by atoms with Crippen LogP contribution < -0.4 is 9.80 Å². The first-order valence-corrected chi connectivity index (χ1v) is 14.2. The number of allylic oxidation sites excluding steroid dienone is 5. The molecule has 0 unspecified atom stereocenters. The Hall–Kier alpha value is -3.19. The molecule has 0 radical (unpaired) electrons. The second-order valence-corrected chi connectivity index (χ2v) is 10.9. The van der Waals surface area contributed by atoms with Crippen LogP contribution in [0.4, 0.5) is 17.1 Å². The zero-order valence-corrected chi connectivity index (χ0v) is 24.4. The molecule has 0 atom stereocenters.